The number of para-hydroxylation sites is 1. The summed E-state index contributed by atoms with van der Waals surface area (Å²) >= 11 is 0. The van der Waals surface area contributed by atoms with Crippen LogP contribution < -0.4 is 0 Å². The van der Waals surface area contributed by atoms with E-state index in [4.69, 9.17) is 13.9 Å². The zero-order valence-electron chi connectivity index (χ0n) is 9.22. The zero-order chi connectivity index (χ0) is 11.7. The number of carbonyl (C=O) groups is 1. The molecule has 3 rings (SSSR count). The van der Waals surface area contributed by atoms with Crippen molar-refractivity contribution in [2.75, 3.05) is 13.2 Å². The van der Waals surface area contributed by atoms with Crippen LogP contribution in [0.1, 0.15) is 17.0 Å². The summed E-state index contributed by atoms with van der Waals surface area (Å²) < 4.78 is 15.9. The zero-order valence-corrected chi connectivity index (χ0v) is 9.22. The van der Waals surface area contributed by atoms with E-state index >= 15 is 0 Å². The molecule has 0 unspecified atom stereocenters. The maximum absolute atomic E-state index is 11.9. The molecule has 1 aromatic heterocycles. The van der Waals surface area contributed by atoms with Gasteiger partial charge in [0.05, 0.1) is 19.6 Å². The highest BCUT2D eigenvalue weighted by atomic mass is 16.7. The van der Waals surface area contributed by atoms with Crippen molar-refractivity contribution < 1.29 is 18.7 Å². The summed E-state index contributed by atoms with van der Waals surface area (Å²) in [5.74, 6) is 0.276. The van der Waals surface area contributed by atoms with Crippen molar-refractivity contribution >= 4 is 16.8 Å². The third-order valence-corrected chi connectivity index (χ3v) is 2.74. The molecule has 4 heteroatoms. The lowest BCUT2D eigenvalue weighted by Crippen LogP contribution is -2.13. The van der Waals surface area contributed by atoms with E-state index < -0.39 is 6.29 Å². The van der Waals surface area contributed by atoms with E-state index in [1.807, 2.05) is 24.3 Å². The Hall–Kier alpha value is -1.65. The largest absolute Gasteiger partial charge is 0.453 e. The fourth-order valence-electron chi connectivity index (χ4n) is 1.90. The molecule has 1 saturated heterocycles. The maximum Gasteiger partial charge on any atom is 0.203 e. The number of furan rings is 1. The Kier molecular flexibility index (Phi) is 2.66. The SMILES string of the molecule is O=C(CC1OCCO1)c1cc2ccccc2o1. The molecule has 0 atom stereocenters. The first-order chi connectivity index (χ1) is 8.33. The molecule has 1 aliphatic heterocycles. The molecule has 0 radical (unpaired) electrons. The Morgan fingerprint density at radius 3 is 2.76 bits per heavy atom. The van der Waals surface area contributed by atoms with Crippen LogP contribution in [0, 0.1) is 0 Å². The molecule has 0 spiro atoms. The molecule has 0 amide bonds. The summed E-state index contributed by atoms with van der Waals surface area (Å²) in [4.78, 5) is 11.9. The van der Waals surface area contributed by atoms with Crippen LogP contribution in [0.4, 0.5) is 0 Å². The molecule has 88 valence electrons. The number of fused-ring (bicyclic) bond motifs is 1. The second kappa shape index (κ2) is 4.31. The second-order valence-electron chi connectivity index (χ2n) is 3.95. The molecule has 1 fully saturated rings. The topological polar surface area (TPSA) is 48.7 Å². The third kappa shape index (κ3) is 2.09. The Labute approximate surface area is 98.1 Å². The molecule has 4 nitrogen and oxygen atoms in total. The number of carbonyl (C=O) groups excluding carboxylic acids is 1. The van der Waals surface area contributed by atoms with Gasteiger partial charge in [0.15, 0.2) is 12.1 Å². The molecule has 0 N–H and O–H groups in total. The van der Waals surface area contributed by atoms with E-state index in [0.717, 1.165) is 11.0 Å². The Morgan fingerprint density at radius 2 is 2.00 bits per heavy atom. The first-order valence-corrected chi connectivity index (χ1v) is 5.58. The van der Waals surface area contributed by atoms with E-state index in [9.17, 15) is 4.79 Å². The second-order valence-corrected chi connectivity index (χ2v) is 3.95. The van der Waals surface area contributed by atoms with Gasteiger partial charge in [-0.15, -0.1) is 0 Å². The number of benzene rings is 1. The van der Waals surface area contributed by atoms with Crippen molar-refractivity contribution in [3.8, 4) is 0 Å². The fourth-order valence-corrected chi connectivity index (χ4v) is 1.90. The van der Waals surface area contributed by atoms with E-state index in [1.54, 1.807) is 6.07 Å². The molecule has 0 aliphatic carbocycles. The lowest BCUT2D eigenvalue weighted by molar-refractivity contribution is -0.0411. The lowest BCUT2D eigenvalue weighted by Gasteiger charge is -2.05. The van der Waals surface area contributed by atoms with Gasteiger partial charge in [-0.25, -0.2) is 0 Å². The molecule has 2 aromatic rings. The Bertz CT molecular complexity index is 504. The van der Waals surface area contributed by atoms with Crippen molar-refractivity contribution in [1.82, 2.24) is 0 Å². The van der Waals surface area contributed by atoms with Crippen LogP contribution in [0.25, 0.3) is 11.0 Å². The summed E-state index contributed by atoms with van der Waals surface area (Å²) in [6.45, 7) is 1.11. The normalized spacial score (nSPS) is 16.7. The van der Waals surface area contributed by atoms with Crippen LogP contribution in [0.2, 0.25) is 0 Å². The van der Waals surface area contributed by atoms with Gasteiger partial charge in [0, 0.05) is 5.39 Å². The summed E-state index contributed by atoms with van der Waals surface area (Å²) in [6, 6.07) is 9.30. The van der Waals surface area contributed by atoms with Gasteiger partial charge in [-0.2, -0.15) is 0 Å². The predicted molar refractivity (Wildman–Crippen MR) is 60.9 cm³/mol. The van der Waals surface area contributed by atoms with Gasteiger partial charge < -0.3 is 13.9 Å². The highest BCUT2D eigenvalue weighted by Crippen LogP contribution is 2.21. The van der Waals surface area contributed by atoms with Gasteiger partial charge >= 0.3 is 0 Å². The number of hydrogen-bond donors (Lipinski definition) is 0. The minimum atomic E-state index is -0.421. The average molecular weight is 232 g/mol. The van der Waals surface area contributed by atoms with E-state index in [2.05, 4.69) is 0 Å². The average Bonchev–Trinajstić information content (AvgIpc) is 2.96. The Balaban J connectivity index is 1.80. The molecule has 1 aliphatic rings. The van der Waals surface area contributed by atoms with Crippen LogP contribution in [-0.2, 0) is 9.47 Å². The number of Topliss-reactive ketones (excluding diaryl/α,β-unsaturated/α-hetero) is 1. The highest BCUT2D eigenvalue weighted by molar-refractivity contribution is 5.97. The van der Waals surface area contributed by atoms with E-state index in [1.165, 1.54) is 0 Å². The number of ether oxygens (including phenoxy) is 2. The van der Waals surface area contributed by atoms with Crippen molar-refractivity contribution in [1.29, 1.82) is 0 Å². The van der Waals surface area contributed by atoms with Crippen LogP contribution in [0.3, 0.4) is 0 Å². The van der Waals surface area contributed by atoms with Gasteiger partial charge in [-0.1, -0.05) is 18.2 Å². The molecule has 2 heterocycles. The Morgan fingerprint density at radius 1 is 1.24 bits per heavy atom. The fraction of sp³-hybridized carbons (Fsp3) is 0.308. The summed E-state index contributed by atoms with van der Waals surface area (Å²) in [6.07, 6.45) is -0.212. The highest BCUT2D eigenvalue weighted by Gasteiger charge is 2.22. The molecule has 17 heavy (non-hydrogen) atoms. The third-order valence-electron chi connectivity index (χ3n) is 2.74. The monoisotopic (exact) mass is 232 g/mol. The molecule has 0 saturated carbocycles. The molecular weight excluding hydrogens is 220 g/mol. The van der Waals surface area contributed by atoms with Gasteiger partial charge in [0.25, 0.3) is 0 Å². The van der Waals surface area contributed by atoms with Crippen LogP contribution >= 0.6 is 0 Å². The maximum atomic E-state index is 11.9. The standard InChI is InChI=1S/C13H12O4/c14-10(8-13-15-5-6-16-13)12-7-9-3-1-2-4-11(9)17-12/h1-4,7,13H,5-6,8H2. The molecule has 0 bridgehead atoms. The van der Waals surface area contributed by atoms with Crippen LogP contribution in [0.15, 0.2) is 34.7 Å². The summed E-state index contributed by atoms with van der Waals surface area (Å²) in [7, 11) is 0. The van der Waals surface area contributed by atoms with Crippen molar-refractivity contribution in [2.45, 2.75) is 12.7 Å². The smallest absolute Gasteiger partial charge is 0.203 e. The number of hydrogen-bond acceptors (Lipinski definition) is 4. The van der Waals surface area contributed by atoms with Crippen molar-refractivity contribution in [3.63, 3.8) is 0 Å². The first-order valence-electron chi connectivity index (χ1n) is 5.58. The summed E-state index contributed by atoms with van der Waals surface area (Å²) in [5.41, 5.74) is 0.726. The first kappa shape index (κ1) is 10.5. The quantitative estimate of drug-likeness (QED) is 0.762. The van der Waals surface area contributed by atoms with Gasteiger partial charge in [0.2, 0.25) is 5.78 Å². The van der Waals surface area contributed by atoms with Gasteiger partial charge in [-0.05, 0) is 12.1 Å². The number of ketones is 1. The minimum Gasteiger partial charge on any atom is -0.453 e. The molecular formula is C13H12O4. The van der Waals surface area contributed by atoms with Crippen LogP contribution in [-0.4, -0.2) is 25.3 Å². The molecule has 1 aromatic carbocycles. The lowest BCUT2D eigenvalue weighted by atomic mass is 10.2. The van der Waals surface area contributed by atoms with Crippen LogP contribution in [0.5, 0.6) is 0 Å². The van der Waals surface area contributed by atoms with E-state index in [0.29, 0.717) is 19.0 Å². The van der Waals surface area contributed by atoms with Gasteiger partial charge in [0.1, 0.15) is 5.58 Å². The number of rotatable bonds is 3. The predicted octanol–water partition coefficient (Wildman–Crippen LogP) is 2.38. The van der Waals surface area contributed by atoms with Gasteiger partial charge in [-0.3, -0.25) is 4.79 Å². The van der Waals surface area contributed by atoms with Crippen molar-refractivity contribution in [3.05, 3.63) is 36.1 Å². The summed E-state index contributed by atoms with van der Waals surface area (Å²) in [5, 5.41) is 0.934. The van der Waals surface area contributed by atoms with Crippen molar-refractivity contribution in [2.24, 2.45) is 0 Å². The van der Waals surface area contributed by atoms with E-state index in [-0.39, 0.29) is 12.2 Å². The minimum absolute atomic E-state index is 0.0897.